The molecule has 0 bridgehead atoms. The van der Waals surface area contributed by atoms with Gasteiger partial charge in [-0.05, 0) is 32.7 Å². The van der Waals surface area contributed by atoms with Crippen LogP contribution in [-0.2, 0) is 4.74 Å². The Labute approximate surface area is 163 Å². The molecule has 3 N–H and O–H groups in total. The summed E-state index contributed by atoms with van der Waals surface area (Å²) in [5.41, 5.74) is -0.703. The minimum Gasteiger partial charge on any atom is -0.388 e. The number of hydrogen-bond acceptors (Lipinski definition) is 4. The van der Waals surface area contributed by atoms with Gasteiger partial charge in [0, 0.05) is 51.7 Å². The van der Waals surface area contributed by atoms with Crippen LogP contribution in [-0.4, -0.2) is 73.5 Å². The molecule has 0 aromatic rings. The molecule has 0 atom stereocenters. The van der Waals surface area contributed by atoms with Crippen LogP contribution in [0.15, 0.2) is 4.99 Å². The van der Waals surface area contributed by atoms with E-state index >= 15 is 0 Å². The molecular weight excluding hydrogens is 419 g/mol. The van der Waals surface area contributed by atoms with Gasteiger partial charge >= 0.3 is 0 Å². The minimum absolute atomic E-state index is 0. The maximum atomic E-state index is 10.5. The topological polar surface area (TPSA) is 69.1 Å². The highest BCUT2D eigenvalue weighted by Crippen LogP contribution is 2.20. The number of aliphatic imine (C=N–C) groups is 1. The zero-order chi connectivity index (χ0) is 16.5. The lowest BCUT2D eigenvalue weighted by molar-refractivity contribution is -0.0566. The second-order valence-electron chi connectivity index (χ2n) is 6.79. The summed E-state index contributed by atoms with van der Waals surface area (Å²) in [6.07, 6.45) is 4.88. The second kappa shape index (κ2) is 11.5. The molecule has 0 unspecified atom stereocenters. The van der Waals surface area contributed by atoms with E-state index < -0.39 is 5.60 Å². The first-order valence-electron chi connectivity index (χ1n) is 9.22. The molecule has 0 aromatic heterocycles. The van der Waals surface area contributed by atoms with E-state index in [0.29, 0.717) is 38.6 Å². The molecule has 2 aliphatic rings. The van der Waals surface area contributed by atoms with Gasteiger partial charge in [0.25, 0.3) is 0 Å². The highest BCUT2D eigenvalue weighted by atomic mass is 127. The van der Waals surface area contributed by atoms with Crippen LogP contribution in [0.3, 0.4) is 0 Å². The molecule has 0 saturated carbocycles. The van der Waals surface area contributed by atoms with Crippen molar-refractivity contribution in [3.63, 3.8) is 0 Å². The first-order valence-corrected chi connectivity index (χ1v) is 9.22. The van der Waals surface area contributed by atoms with Crippen molar-refractivity contribution in [1.82, 2.24) is 15.5 Å². The summed E-state index contributed by atoms with van der Waals surface area (Å²) in [6, 6.07) is 0.477. The fourth-order valence-corrected chi connectivity index (χ4v) is 3.27. The number of nitrogens with one attached hydrogen (secondary N) is 2. The van der Waals surface area contributed by atoms with Gasteiger partial charge in [0.2, 0.25) is 0 Å². The predicted octanol–water partition coefficient (Wildman–Crippen LogP) is 1.58. The molecule has 2 aliphatic heterocycles. The largest absolute Gasteiger partial charge is 0.388 e. The molecule has 0 radical (unpaired) electrons. The monoisotopic (exact) mass is 454 g/mol. The number of piperidine rings is 1. The Morgan fingerprint density at radius 3 is 2.50 bits per heavy atom. The number of likely N-dealkylation sites (tertiary alicyclic amines) is 1. The maximum Gasteiger partial charge on any atom is 0.191 e. The summed E-state index contributed by atoms with van der Waals surface area (Å²) in [4.78, 5) is 7.17. The van der Waals surface area contributed by atoms with E-state index in [-0.39, 0.29) is 24.0 Å². The van der Waals surface area contributed by atoms with Crippen LogP contribution in [0.1, 0.15) is 46.0 Å². The molecule has 2 rings (SSSR count). The number of ether oxygens (including phenoxy) is 1. The normalized spacial score (nSPS) is 22.7. The van der Waals surface area contributed by atoms with Crippen molar-refractivity contribution in [1.29, 1.82) is 0 Å². The Kier molecular flexibility index (Phi) is 10.5. The number of rotatable bonds is 6. The zero-order valence-electron chi connectivity index (χ0n) is 15.2. The second-order valence-corrected chi connectivity index (χ2v) is 6.79. The lowest BCUT2D eigenvalue weighted by Crippen LogP contribution is -2.49. The molecular formula is C17H35IN4O2. The van der Waals surface area contributed by atoms with Gasteiger partial charge in [-0.1, -0.05) is 6.92 Å². The lowest BCUT2D eigenvalue weighted by Gasteiger charge is -2.33. The third-order valence-corrected chi connectivity index (χ3v) is 4.77. The van der Waals surface area contributed by atoms with Gasteiger partial charge in [-0.15, -0.1) is 24.0 Å². The fourth-order valence-electron chi connectivity index (χ4n) is 3.27. The van der Waals surface area contributed by atoms with Crippen LogP contribution in [0.5, 0.6) is 0 Å². The van der Waals surface area contributed by atoms with E-state index in [1.807, 2.05) is 0 Å². The first-order chi connectivity index (χ1) is 11.1. The van der Waals surface area contributed by atoms with Crippen molar-refractivity contribution >= 4 is 29.9 Å². The molecule has 0 spiro atoms. The smallest absolute Gasteiger partial charge is 0.191 e. The number of nitrogens with zero attached hydrogens (tertiary/aromatic N) is 2. The van der Waals surface area contributed by atoms with Crippen LogP contribution in [0.25, 0.3) is 0 Å². The van der Waals surface area contributed by atoms with E-state index in [0.717, 1.165) is 38.4 Å². The van der Waals surface area contributed by atoms with Crippen LogP contribution < -0.4 is 10.6 Å². The molecule has 0 aliphatic carbocycles. The lowest BCUT2D eigenvalue weighted by atomic mass is 9.95. The van der Waals surface area contributed by atoms with Crippen molar-refractivity contribution < 1.29 is 9.84 Å². The molecule has 24 heavy (non-hydrogen) atoms. The summed E-state index contributed by atoms with van der Waals surface area (Å²) < 4.78 is 5.33. The van der Waals surface area contributed by atoms with Gasteiger partial charge < -0.3 is 25.4 Å². The van der Waals surface area contributed by atoms with E-state index in [9.17, 15) is 5.11 Å². The molecule has 2 saturated heterocycles. The third kappa shape index (κ3) is 7.41. The van der Waals surface area contributed by atoms with Crippen molar-refractivity contribution in [3.05, 3.63) is 0 Å². The van der Waals surface area contributed by atoms with Crippen molar-refractivity contribution in [2.45, 2.75) is 57.6 Å². The third-order valence-electron chi connectivity index (χ3n) is 4.77. The molecule has 7 heteroatoms. The highest BCUT2D eigenvalue weighted by molar-refractivity contribution is 14.0. The molecule has 0 amide bonds. The maximum absolute atomic E-state index is 10.5. The Bertz CT molecular complexity index is 368. The van der Waals surface area contributed by atoms with Gasteiger partial charge in [0.1, 0.15) is 0 Å². The van der Waals surface area contributed by atoms with Gasteiger partial charge in [-0.2, -0.15) is 0 Å². The number of aliphatic hydroxyl groups is 1. The minimum atomic E-state index is -0.703. The van der Waals surface area contributed by atoms with Crippen molar-refractivity contribution in [3.8, 4) is 0 Å². The van der Waals surface area contributed by atoms with E-state index in [2.05, 4.69) is 34.4 Å². The Morgan fingerprint density at radius 1 is 1.25 bits per heavy atom. The molecule has 2 fully saturated rings. The fraction of sp³-hybridized carbons (Fsp3) is 0.941. The van der Waals surface area contributed by atoms with Crippen LogP contribution in [0.4, 0.5) is 0 Å². The first kappa shape index (κ1) is 21.9. The van der Waals surface area contributed by atoms with Crippen LogP contribution in [0.2, 0.25) is 0 Å². The predicted molar refractivity (Wildman–Crippen MR) is 109 cm³/mol. The number of guanidine groups is 1. The quantitative estimate of drug-likeness (QED) is 0.323. The summed E-state index contributed by atoms with van der Waals surface area (Å²) in [5.74, 6) is 0.835. The average molecular weight is 454 g/mol. The molecule has 2 heterocycles. The molecule has 6 nitrogen and oxygen atoms in total. The summed E-state index contributed by atoms with van der Waals surface area (Å²) >= 11 is 0. The average Bonchev–Trinajstić information content (AvgIpc) is 2.56. The summed E-state index contributed by atoms with van der Waals surface area (Å²) in [7, 11) is 0. The number of hydrogen-bond donors (Lipinski definition) is 3. The van der Waals surface area contributed by atoms with E-state index in [4.69, 9.17) is 4.74 Å². The summed E-state index contributed by atoms with van der Waals surface area (Å²) in [5, 5.41) is 17.4. The van der Waals surface area contributed by atoms with Gasteiger partial charge in [-0.3, -0.25) is 4.99 Å². The Hall–Kier alpha value is -0.120. The SMILES string of the molecule is CCCN1CCC(NC(=NCC2(O)CCOCC2)NCC)CC1.I. The Morgan fingerprint density at radius 2 is 1.92 bits per heavy atom. The standard InChI is InChI=1S/C17H34N4O2.HI/c1-3-9-21-10-5-15(6-11-21)20-16(18-4-2)19-14-17(22)7-12-23-13-8-17;/h15,22H,3-14H2,1-2H3,(H2,18,19,20);1H. The zero-order valence-corrected chi connectivity index (χ0v) is 17.6. The van der Waals surface area contributed by atoms with Crippen LogP contribution in [0, 0.1) is 0 Å². The number of halogens is 1. The van der Waals surface area contributed by atoms with Crippen molar-refractivity contribution in [2.75, 3.05) is 45.9 Å². The summed E-state index contributed by atoms with van der Waals surface area (Å²) in [6.45, 7) is 10.4. The van der Waals surface area contributed by atoms with Crippen molar-refractivity contribution in [2.24, 2.45) is 4.99 Å². The Balaban J connectivity index is 0.00000288. The van der Waals surface area contributed by atoms with Gasteiger partial charge in [-0.25, -0.2) is 0 Å². The molecule has 142 valence electrons. The van der Waals surface area contributed by atoms with E-state index in [1.54, 1.807) is 0 Å². The van der Waals surface area contributed by atoms with Gasteiger partial charge in [0.05, 0.1) is 12.1 Å². The molecule has 0 aromatic carbocycles. The van der Waals surface area contributed by atoms with Crippen LogP contribution >= 0.6 is 24.0 Å². The highest BCUT2D eigenvalue weighted by Gasteiger charge is 2.29. The van der Waals surface area contributed by atoms with E-state index in [1.165, 1.54) is 13.0 Å². The van der Waals surface area contributed by atoms with Gasteiger partial charge in [0.15, 0.2) is 5.96 Å².